The van der Waals surface area contributed by atoms with Crippen molar-refractivity contribution in [1.29, 1.82) is 0 Å². The molecular formula is C15H17N3O3. The highest BCUT2D eigenvalue weighted by Gasteiger charge is 2.30. The molecule has 6 nitrogen and oxygen atoms in total. The summed E-state index contributed by atoms with van der Waals surface area (Å²) in [4.78, 5) is 1.92. The van der Waals surface area contributed by atoms with Gasteiger partial charge in [-0.05, 0) is 25.0 Å². The van der Waals surface area contributed by atoms with E-state index >= 15 is 0 Å². The van der Waals surface area contributed by atoms with Crippen LogP contribution in [0.25, 0.3) is 0 Å². The third-order valence-corrected chi connectivity index (χ3v) is 3.73. The Morgan fingerprint density at radius 1 is 1.19 bits per heavy atom. The number of para-hydroxylation sites is 2. The summed E-state index contributed by atoms with van der Waals surface area (Å²) in [7, 11) is 1.92. The van der Waals surface area contributed by atoms with Crippen molar-refractivity contribution in [3.05, 3.63) is 30.2 Å². The number of ether oxygens (including phenoxy) is 2. The Balaban J connectivity index is 1.41. The van der Waals surface area contributed by atoms with Crippen LogP contribution in [0.15, 0.2) is 28.7 Å². The van der Waals surface area contributed by atoms with E-state index in [-0.39, 0.29) is 6.10 Å². The van der Waals surface area contributed by atoms with Crippen molar-refractivity contribution < 1.29 is 13.9 Å². The Morgan fingerprint density at radius 2 is 2.00 bits per heavy atom. The second-order valence-electron chi connectivity index (χ2n) is 5.58. The molecule has 2 aromatic rings. The van der Waals surface area contributed by atoms with E-state index in [1.165, 1.54) is 0 Å². The van der Waals surface area contributed by atoms with E-state index in [9.17, 15) is 0 Å². The van der Waals surface area contributed by atoms with E-state index in [2.05, 4.69) is 10.2 Å². The lowest BCUT2D eigenvalue weighted by molar-refractivity contribution is 0.0953. The molecule has 1 aromatic heterocycles. The number of benzene rings is 1. The Kier molecular flexibility index (Phi) is 2.94. The quantitative estimate of drug-likeness (QED) is 0.859. The first-order valence-corrected chi connectivity index (χ1v) is 7.22. The van der Waals surface area contributed by atoms with Crippen molar-refractivity contribution >= 4 is 6.01 Å². The molecule has 6 heteroatoms. The van der Waals surface area contributed by atoms with Gasteiger partial charge in [0.1, 0.15) is 6.61 Å². The molecule has 21 heavy (non-hydrogen) atoms. The third-order valence-electron chi connectivity index (χ3n) is 3.73. The molecule has 2 aliphatic rings. The van der Waals surface area contributed by atoms with Crippen LogP contribution in [0, 0.1) is 0 Å². The Morgan fingerprint density at radius 3 is 2.81 bits per heavy atom. The highest BCUT2D eigenvalue weighted by Crippen LogP contribution is 2.39. The number of fused-ring (bicyclic) bond motifs is 1. The SMILES string of the molecule is CN(C[C@@H]1COc2ccccc2O1)c1nnc(C2CC2)o1. The Hall–Kier alpha value is -2.24. The van der Waals surface area contributed by atoms with Crippen molar-refractivity contribution in [3.8, 4) is 11.5 Å². The maximum atomic E-state index is 5.93. The maximum absolute atomic E-state index is 5.93. The summed E-state index contributed by atoms with van der Waals surface area (Å²) in [5, 5.41) is 8.20. The fourth-order valence-corrected chi connectivity index (χ4v) is 2.41. The molecule has 0 saturated heterocycles. The number of anilines is 1. The topological polar surface area (TPSA) is 60.6 Å². The molecule has 0 unspecified atom stereocenters. The van der Waals surface area contributed by atoms with Gasteiger partial charge in [-0.15, -0.1) is 5.10 Å². The van der Waals surface area contributed by atoms with E-state index in [4.69, 9.17) is 13.9 Å². The highest BCUT2D eigenvalue weighted by molar-refractivity contribution is 5.41. The van der Waals surface area contributed by atoms with E-state index in [1.807, 2.05) is 36.2 Å². The van der Waals surface area contributed by atoms with Gasteiger partial charge in [-0.1, -0.05) is 17.2 Å². The largest absolute Gasteiger partial charge is 0.486 e. The highest BCUT2D eigenvalue weighted by atomic mass is 16.6. The number of hydrogen-bond acceptors (Lipinski definition) is 6. The summed E-state index contributed by atoms with van der Waals surface area (Å²) >= 11 is 0. The average molecular weight is 287 g/mol. The van der Waals surface area contributed by atoms with Gasteiger partial charge in [0.05, 0.1) is 6.54 Å². The van der Waals surface area contributed by atoms with Gasteiger partial charge in [-0.2, -0.15) is 0 Å². The van der Waals surface area contributed by atoms with Crippen LogP contribution in [0.2, 0.25) is 0 Å². The van der Waals surface area contributed by atoms with E-state index in [1.54, 1.807) is 0 Å². The lowest BCUT2D eigenvalue weighted by Gasteiger charge is -2.28. The number of likely N-dealkylation sites (N-methyl/N-ethyl adjacent to an activating group) is 1. The summed E-state index contributed by atoms with van der Waals surface area (Å²) in [6, 6.07) is 8.24. The van der Waals surface area contributed by atoms with E-state index in [0.29, 0.717) is 25.1 Å². The van der Waals surface area contributed by atoms with Crippen LogP contribution in [-0.4, -0.2) is 36.5 Å². The standard InChI is InChI=1S/C15H17N3O3/c1-18(15-17-16-14(21-15)10-6-7-10)8-11-9-19-12-4-2-3-5-13(12)20-11/h2-5,10-11H,6-9H2,1H3/t11-/m1/s1. The number of rotatable bonds is 4. The fourth-order valence-electron chi connectivity index (χ4n) is 2.41. The van der Waals surface area contributed by atoms with Crippen molar-refractivity contribution in [2.45, 2.75) is 24.9 Å². The average Bonchev–Trinajstić information content (AvgIpc) is 3.24. The van der Waals surface area contributed by atoms with E-state index in [0.717, 1.165) is 30.2 Å². The molecule has 4 rings (SSSR count). The molecule has 1 fully saturated rings. The van der Waals surface area contributed by atoms with Crippen LogP contribution in [0.5, 0.6) is 11.5 Å². The Labute approximate surface area is 122 Å². The monoisotopic (exact) mass is 287 g/mol. The van der Waals surface area contributed by atoms with Crippen LogP contribution >= 0.6 is 0 Å². The molecule has 0 N–H and O–H groups in total. The third kappa shape index (κ3) is 2.53. The van der Waals surface area contributed by atoms with Crippen LogP contribution in [0.4, 0.5) is 6.01 Å². The number of aromatic nitrogens is 2. The van der Waals surface area contributed by atoms with Gasteiger partial charge in [-0.25, -0.2) is 0 Å². The minimum Gasteiger partial charge on any atom is -0.486 e. The van der Waals surface area contributed by atoms with Gasteiger partial charge in [0.2, 0.25) is 5.89 Å². The molecule has 0 bridgehead atoms. The van der Waals surface area contributed by atoms with Crippen molar-refractivity contribution in [1.82, 2.24) is 10.2 Å². The minimum atomic E-state index is -0.0545. The predicted octanol–water partition coefficient (Wildman–Crippen LogP) is 2.22. The van der Waals surface area contributed by atoms with Gasteiger partial charge in [-0.3, -0.25) is 0 Å². The van der Waals surface area contributed by atoms with Gasteiger partial charge in [0, 0.05) is 13.0 Å². The zero-order valence-electron chi connectivity index (χ0n) is 11.9. The smallest absolute Gasteiger partial charge is 0.318 e. The first-order chi connectivity index (χ1) is 10.3. The first kappa shape index (κ1) is 12.5. The molecule has 2 heterocycles. The number of hydrogen-bond donors (Lipinski definition) is 0. The summed E-state index contributed by atoms with van der Waals surface area (Å²) in [6.45, 7) is 1.16. The van der Waals surface area contributed by atoms with Crippen molar-refractivity contribution in [2.24, 2.45) is 0 Å². The molecule has 1 aliphatic carbocycles. The summed E-state index contributed by atoms with van der Waals surface area (Å²) in [5.41, 5.74) is 0. The fraction of sp³-hybridized carbons (Fsp3) is 0.467. The molecule has 1 saturated carbocycles. The molecule has 1 aromatic carbocycles. The number of nitrogens with zero attached hydrogens (tertiary/aromatic N) is 3. The van der Waals surface area contributed by atoms with Gasteiger partial charge < -0.3 is 18.8 Å². The summed E-state index contributed by atoms with van der Waals surface area (Å²) < 4.78 is 17.3. The van der Waals surface area contributed by atoms with Crippen LogP contribution < -0.4 is 14.4 Å². The lowest BCUT2D eigenvalue weighted by Crippen LogP contribution is -2.39. The van der Waals surface area contributed by atoms with E-state index < -0.39 is 0 Å². The zero-order chi connectivity index (χ0) is 14.2. The molecule has 0 amide bonds. The van der Waals surface area contributed by atoms with Gasteiger partial charge in [0.15, 0.2) is 17.6 Å². The van der Waals surface area contributed by atoms with Crippen LogP contribution in [0.3, 0.4) is 0 Å². The summed E-state index contributed by atoms with van der Waals surface area (Å²) in [5.74, 6) is 2.81. The molecule has 0 radical (unpaired) electrons. The Bertz CT molecular complexity index is 639. The minimum absolute atomic E-state index is 0.0545. The molecular weight excluding hydrogens is 270 g/mol. The van der Waals surface area contributed by atoms with Gasteiger partial charge >= 0.3 is 6.01 Å². The second kappa shape index (κ2) is 4.95. The maximum Gasteiger partial charge on any atom is 0.318 e. The van der Waals surface area contributed by atoms with Crippen LogP contribution in [0.1, 0.15) is 24.7 Å². The second-order valence-corrected chi connectivity index (χ2v) is 5.58. The lowest BCUT2D eigenvalue weighted by atomic mass is 10.2. The summed E-state index contributed by atoms with van der Waals surface area (Å²) in [6.07, 6.45) is 2.25. The van der Waals surface area contributed by atoms with Gasteiger partial charge in [0.25, 0.3) is 0 Å². The molecule has 1 aliphatic heterocycles. The first-order valence-electron chi connectivity index (χ1n) is 7.22. The normalized spacial score (nSPS) is 20.3. The molecule has 110 valence electrons. The van der Waals surface area contributed by atoms with Crippen molar-refractivity contribution in [3.63, 3.8) is 0 Å². The van der Waals surface area contributed by atoms with Crippen molar-refractivity contribution in [2.75, 3.05) is 25.1 Å². The molecule has 0 spiro atoms. The zero-order valence-corrected chi connectivity index (χ0v) is 11.9. The predicted molar refractivity (Wildman–Crippen MR) is 75.9 cm³/mol. The van der Waals surface area contributed by atoms with Crippen LogP contribution in [-0.2, 0) is 0 Å². The molecule has 1 atom stereocenters.